The normalized spacial score (nSPS) is 16.5. The van der Waals surface area contributed by atoms with Gasteiger partial charge >= 0.3 is 6.03 Å². The summed E-state index contributed by atoms with van der Waals surface area (Å²) in [5.74, 6) is -0.156. The highest BCUT2D eigenvalue weighted by atomic mass is 32.1. The first kappa shape index (κ1) is 8.25. The van der Waals surface area contributed by atoms with Gasteiger partial charge in [0.2, 0.25) is 5.91 Å². The molecule has 0 atom stereocenters. The van der Waals surface area contributed by atoms with Gasteiger partial charge in [-0.2, -0.15) is 11.3 Å². The molecule has 1 saturated heterocycles. The number of nitrogens with zero attached hydrogens (tertiary/aromatic N) is 1. The highest BCUT2D eigenvalue weighted by Crippen LogP contribution is 2.11. The lowest BCUT2D eigenvalue weighted by molar-refractivity contribution is -0.125. The van der Waals surface area contributed by atoms with E-state index < -0.39 is 0 Å². The Morgan fingerprint density at radius 2 is 2.38 bits per heavy atom. The Labute approximate surface area is 79.2 Å². The highest BCUT2D eigenvalue weighted by molar-refractivity contribution is 7.07. The summed E-state index contributed by atoms with van der Waals surface area (Å²) in [5, 5.41) is 6.33. The Bertz CT molecular complexity index is 318. The van der Waals surface area contributed by atoms with Crippen LogP contribution in [0.3, 0.4) is 0 Å². The van der Waals surface area contributed by atoms with E-state index >= 15 is 0 Å². The molecule has 1 N–H and O–H groups in total. The molecule has 0 bridgehead atoms. The fraction of sp³-hybridized carbons (Fsp3) is 0.250. The third-order valence-corrected chi connectivity index (χ3v) is 2.59. The van der Waals surface area contributed by atoms with Crippen molar-refractivity contribution in [1.82, 2.24) is 10.2 Å². The number of carbonyl (C=O) groups is 2. The smallest absolute Gasteiger partial charge is 0.324 e. The number of amides is 3. The monoisotopic (exact) mass is 196 g/mol. The highest BCUT2D eigenvalue weighted by Gasteiger charge is 2.28. The molecule has 0 aliphatic carbocycles. The predicted octanol–water partition coefficient (Wildman–Crippen LogP) is 0.800. The molecule has 2 rings (SSSR count). The largest absolute Gasteiger partial charge is 0.329 e. The van der Waals surface area contributed by atoms with Crippen molar-refractivity contribution >= 4 is 23.3 Å². The minimum absolute atomic E-state index is 0.128. The first-order chi connectivity index (χ1) is 6.27. The van der Waals surface area contributed by atoms with Crippen molar-refractivity contribution in [2.75, 3.05) is 6.54 Å². The van der Waals surface area contributed by atoms with Crippen LogP contribution in [-0.2, 0) is 11.3 Å². The number of imide groups is 1. The molecule has 1 aliphatic heterocycles. The average molecular weight is 196 g/mol. The van der Waals surface area contributed by atoms with E-state index in [0.29, 0.717) is 6.54 Å². The predicted molar refractivity (Wildman–Crippen MR) is 48.3 cm³/mol. The van der Waals surface area contributed by atoms with Crippen molar-refractivity contribution in [3.8, 4) is 0 Å². The van der Waals surface area contributed by atoms with Crippen LogP contribution in [0.2, 0.25) is 0 Å². The number of urea groups is 1. The molecule has 1 fully saturated rings. The molecule has 4 nitrogen and oxygen atoms in total. The number of rotatable bonds is 2. The lowest BCUT2D eigenvalue weighted by atomic mass is 10.3. The molecule has 0 spiro atoms. The van der Waals surface area contributed by atoms with Gasteiger partial charge in [-0.1, -0.05) is 0 Å². The second kappa shape index (κ2) is 3.18. The van der Waals surface area contributed by atoms with Crippen LogP contribution in [0, 0.1) is 0 Å². The molecule has 0 aromatic carbocycles. The van der Waals surface area contributed by atoms with Gasteiger partial charge in [0.1, 0.15) is 0 Å². The van der Waals surface area contributed by atoms with Crippen molar-refractivity contribution in [1.29, 1.82) is 0 Å². The second-order valence-corrected chi connectivity index (χ2v) is 3.55. The van der Waals surface area contributed by atoms with E-state index in [0.717, 1.165) is 5.56 Å². The van der Waals surface area contributed by atoms with Crippen molar-refractivity contribution in [3.63, 3.8) is 0 Å². The summed E-state index contributed by atoms with van der Waals surface area (Å²) in [5.41, 5.74) is 0.996. The van der Waals surface area contributed by atoms with Crippen LogP contribution in [0.5, 0.6) is 0 Å². The van der Waals surface area contributed by atoms with Crippen LogP contribution in [0.15, 0.2) is 16.8 Å². The topological polar surface area (TPSA) is 49.4 Å². The van der Waals surface area contributed by atoms with Gasteiger partial charge in [-0.3, -0.25) is 9.69 Å². The molecule has 0 radical (unpaired) electrons. The van der Waals surface area contributed by atoms with Crippen LogP contribution in [0.25, 0.3) is 0 Å². The van der Waals surface area contributed by atoms with Crippen LogP contribution in [-0.4, -0.2) is 23.4 Å². The minimum atomic E-state index is -0.295. The quantitative estimate of drug-likeness (QED) is 0.711. The minimum Gasteiger partial charge on any atom is -0.329 e. The number of hydrogen-bond donors (Lipinski definition) is 1. The third kappa shape index (κ3) is 1.55. The fourth-order valence-electron chi connectivity index (χ4n) is 1.18. The number of carbonyl (C=O) groups excluding carboxylic acids is 2. The number of nitrogens with one attached hydrogen (secondary N) is 1. The molecule has 1 aromatic rings. The van der Waals surface area contributed by atoms with E-state index in [4.69, 9.17) is 0 Å². The van der Waals surface area contributed by atoms with Gasteiger partial charge < -0.3 is 5.32 Å². The van der Waals surface area contributed by atoms with Crippen molar-refractivity contribution in [2.24, 2.45) is 0 Å². The first-order valence-electron chi connectivity index (χ1n) is 3.86. The third-order valence-electron chi connectivity index (χ3n) is 1.86. The molecule has 68 valence electrons. The summed E-state index contributed by atoms with van der Waals surface area (Å²) < 4.78 is 0. The van der Waals surface area contributed by atoms with Gasteiger partial charge in [0, 0.05) is 0 Å². The van der Waals surface area contributed by atoms with Gasteiger partial charge in [0.15, 0.2) is 0 Å². The van der Waals surface area contributed by atoms with Gasteiger partial charge in [-0.05, 0) is 22.4 Å². The summed E-state index contributed by atoms with van der Waals surface area (Å²) >= 11 is 1.56. The van der Waals surface area contributed by atoms with Gasteiger partial charge in [0.25, 0.3) is 0 Å². The summed E-state index contributed by atoms with van der Waals surface area (Å²) in [4.78, 5) is 23.5. The SMILES string of the molecule is O=C1CNC(=O)N1Cc1ccsc1. The fourth-order valence-corrected chi connectivity index (χ4v) is 1.84. The van der Waals surface area contributed by atoms with Gasteiger partial charge in [0.05, 0.1) is 13.1 Å². The maximum atomic E-state index is 11.2. The molecule has 0 unspecified atom stereocenters. The Morgan fingerprint density at radius 1 is 1.54 bits per heavy atom. The zero-order valence-electron chi connectivity index (χ0n) is 6.82. The lowest BCUT2D eigenvalue weighted by Crippen LogP contribution is -2.30. The van der Waals surface area contributed by atoms with E-state index in [9.17, 15) is 9.59 Å². The van der Waals surface area contributed by atoms with Crippen molar-refractivity contribution in [3.05, 3.63) is 22.4 Å². The molecule has 13 heavy (non-hydrogen) atoms. The summed E-state index contributed by atoms with van der Waals surface area (Å²) in [6.07, 6.45) is 0. The van der Waals surface area contributed by atoms with Crippen LogP contribution in [0.1, 0.15) is 5.56 Å². The Balaban J connectivity index is 2.09. The first-order valence-corrected chi connectivity index (χ1v) is 4.81. The Morgan fingerprint density at radius 3 is 2.92 bits per heavy atom. The lowest BCUT2D eigenvalue weighted by Gasteiger charge is -2.10. The molecule has 1 aliphatic rings. The van der Waals surface area contributed by atoms with Crippen molar-refractivity contribution < 1.29 is 9.59 Å². The van der Waals surface area contributed by atoms with E-state index in [1.807, 2.05) is 16.8 Å². The zero-order chi connectivity index (χ0) is 9.26. The molecule has 2 heterocycles. The molecule has 0 saturated carbocycles. The number of thiophene rings is 1. The van der Waals surface area contributed by atoms with Crippen LogP contribution < -0.4 is 5.32 Å². The van der Waals surface area contributed by atoms with Crippen molar-refractivity contribution in [2.45, 2.75) is 6.54 Å². The van der Waals surface area contributed by atoms with E-state index in [1.54, 1.807) is 11.3 Å². The number of hydrogen-bond acceptors (Lipinski definition) is 3. The van der Waals surface area contributed by atoms with Gasteiger partial charge in [-0.15, -0.1) is 0 Å². The molecular formula is C8H8N2O2S. The van der Waals surface area contributed by atoms with E-state index in [2.05, 4.69) is 5.32 Å². The Hall–Kier alpha value is -1.36. The maximum absolute atomic E-state index is 11.2. The van der Waals surface area contributed by atoms with Crippen LogP contribution >= 0.6 is 11.3 Å². The second-order valence-electron chi connectivity index (χ2n) is 2.77. The zero-order valence-corrected chi connectivity index (χ0v) is 7.63. The summed E-state index contributed by atoms with van der Waals surface area (Å²) in [7, 11) is 0. The van der Waals surface area contributed by atoms with E-state index in [-0.39, 0.29) is 18.5 Å². The van der Waals surface area contributed by atoms with Crippen LogP contribution in [0.4, 0.5) is 4.79 Å². The molecule has 1 aromatic heterocycles. The molecular weight excluding hydrogens is 188 g/mol. The maximum Gasteiger partial charge on any atom is 0.324 e. The molecule has 5 heteroatoms. The standard InChI is InChI=1S/C8H8N2O2S/c11-7-3-9-8(12)10(7)4-6-1-2-13-5-6/h1-2,5H,3-4H2,(H,9,12). The average Bonchev–Trinajstić information content (AvgIpc) is 2.70. The molecule has 3 amide bonds. The van der Waals surface area contributed by atoms with E-state index in [1.165, 1.54) is 4.90 Å². The Kier molecular flexibility index (Phi) is 2.02. The summed E-state index contributed by atoms with van der Waals surface area (Å²) in [6, 6.07) is 1.61. The summed E-state index contributed by atoms with van der Waals surface area (Å²) in [6.45, 7) is 0.511. The van der Waals surface area contributed by atoms with Gasteiger partial charge in [-0.25, -0.2) is 4.79 Å².